The highest BCUT2D eigenvalue weighted by Gasteiger charge is 2.44. The van der Waals surface area contributed by atoms with E-state index in [1.807, 2.05) is 0 Å². The lowest BCUT2D eigenvalue weighted by Gasteiger charge is -2.40. The molecule has 0 radical (unpaired) electrons. The van der Waals surface area contributed by atoms with Gasteiger partial charge in [0, 0.05) is 6.42 Å². The zero-order chi connectivity index (χ0) is 47.3. The molecule has 1 heterocycles. The quantitative estimate of drug-likeness (QED) is 0.0330. The first-order valence-electron chi connectivity index (χ1n) is 28.7. The molecule has 65 heavy (non-hydrogen) atoms. The molecule has 1 fully saturated rings. The number of amides is 1. The van der Waals surface area contributed by atoms with Crippen molar-refractivity contribution in [1.29, 1.82) is 0 Å². The summed E-state index contributed by atoms with van der Waals surface area (Å²) in [5.41, 5.74) is 0. The largest absolute Gasteiger partial charge is 0.394 e. The molecule has 0 spiro atoms. The van der Waals surface area contributed by atoms with Crippen molar-refractivity contribution in [2.45, 2.75) is 339 Å². The van der Waals surface area contributed by atoms with Gasteiger partial charge in [0.25, 0.3) is 0 Å². The van der Waals surface area contributed by atoms with Gasteiger partial charge in [0.05, 0.1) is 25.4 Å². The van der Waals surface area contributed by atoms with Gasteiger partial charge in [-0.3, -0.25) is 4.79 Å². The summed E-state index contributed by atoms with van der Waals surface area (Å²) in [6.07, 6.45) is 48.8. The summed E-state index contributed by atoms with van der Waals surface area (Å²) in [6.45, 7) is 3.85. The highest BCUT2D eigenvalue weighted by atomic mass is 16.7. The Morgan fingerprint density at radius 3 is 1.09 bits per heavy atom. The second-order valence-corrected chi connectivity index (χ2v) is 20.5. The fourth-order valence-corrected chi connectivity index (χ4v) is 9.64. The third kappa shape index (κ3) is 36.8. The van der Waals surface area contributed by atoms with Crippen LogP contribution in [0.15, 0.2) is 0 Å². The van der Waals surface area contributed by atoms with Crippen molar-refractivity contribution in [1.82, 2.24) is 5.32 Å². The van der Waals surface area contributed by atoms with E-state index in [0.29, 0.717) is 12.8 Å². The number of carbonyl (C=O) groups excluding carboxylic acids is 1. The summed E-state index contributed by atoms with van der Waals surface area (Å²) in [5.74, 6) is -0.139. The van der Waals surface area contributed by atoms with Crippen LogP contribution in [0.3, 0.4) is 0 Å². The number of unbranched alkanes of at least 4 members (excludes halogenated alkanes) is 40. The van der Waals surface area contributed by atoms with Crippen LogP contribution >= 0.6 is 0 Å². The zero-order valence-corrected chi connectivity index (χ0v) is 43.0. The maximum atomic E-state index is 13.0. The molecule has 1 saturated heterocycles. The van der Waals surface area contributed by atoms with Gasteiger partial charge in [0.2, 0.25) is 5.91 Å². The molecular formula is C56H111NO8. The highest BCUT2D eigenvalue weighted by molar-refractivity contribution is 5.76. The van der Waals surface area contributed by atoms with E-state index in [4.69, 9.17) is 9.47 Å². The van der Waals surface area contributed by atoms with Crippen molar-refractivity contribution >= 4 is 5.91 Å². The molecule has 0 bridgehead atoms. The van der Waals surface area contributed by atoms with E-state index in [9.17, 15) is 30.3 Å². The first kappa shape index (κ1) is 62.2. The molecule has 0 aromatic heterocycles. The predicted octanol–water partition coefficient (Wildman–Crippen LogP) is 13.9. The van der Waals surface area contributed by atoms with Gasteiger partial charge in [-0.1, -0.05) is 277 Å². The molecule has 0 aromatic rings. The molecule has 0 aliphatic carbocycles. The summed E-state index contributed by atoms with van der Waals surface area (Å²) in [5, 5.41) is 54.4. The number of hydrogen-bond donors (Lipinski definition) is 6. The SMILES string of the molecule is CCCCCCCCCCCCCCCCCCCCCCCCCCCCCCCCCCC(=O)NC(COC1OC(CO)C(O)C(O)C1O)C(O)CCCCCCCCCCCC. The molecular weight excluding hydrogens is 815 g/mol. The van der Waals surface area contributed by atoms with E-state index in [1.165, 1.54) is 231 Å². The van der Waals surface area contributed by atoms with Gasteiger partial charge in [-0.15, -0.1) is 0 Å². The molecule has 1 rings (SSSR count). The Morgan fingerprint density at radius 2 is 0.769 bits per heavy atom. The van der Waals surface area contributed by atoms with Crippen LogP contribution in [0.4, 0.5) is 0 Å². The maximum absolute atomic E-state index is 13.0. The monoisotopic (exact) mass is 926 g/mol. The Labute approximate surface area is 402 Å². The first-order valence-corrected chi connectivity index (χ1v) is 28.7. The van der Waals surface area contributed by atoms with Crippen LogP contribution in [0.2, 0.25) is 0 Å². The summed E-state index contributed by atoms with van der Waals surface area (Å²) < 4.78 is 11.3. The Balaban J connectivity index is 2.04. The molecule has 1 amide bonds. The van der Waals surface area contributed by atoms with Gasteiger partial charge in [-0.2, -0.15) is 0 Å². The fraction of sp³-hybridized carbons (Fsp3) is 0.982. The minimum atomic E-state index is -1.55. The van der Waals surface area contributed by atoms with E-state index in [2.05, 4.69) is 19.2 Å². The first-order chi connectivity index (χ1) is 31.8. The minimum Gasteiger partial charge on any atom is -0.394 e. The van der Waals surface area contributed by atoms with Gasteiger partial charge < -0.3 is 40.3 Å². The minimum absolute atomic E-state index is 0.132. The maximum Gasteiger partial charge on any atom is 0.220 e. The van der Waals surface area contributed by atoms with Crippen molar-refractivity contribution in [3.8, 4) is 0 Å². The van der Waals surface area contributed by atoms with Crippen LogP contribution < -0.4 is 5.32 Å². The lowest BCUT2D eigenvalue weighted by atomic mass is 9.99. The standard InChI is InChI=1S/C56H111NO8/c1-3-5-7-9-11-13-15-16-17-18-19-20-21-22-23-24-25-26-27-28-29-30-31-32-33-34-35-36-38-40-42-44-46-52(60)57-49(48-64-56-55(63)54(62)53(61)51(47-58)65-56)50(59)45-43-41-39-37-14-12-10-8-6-4-2/h49-51,53-56,58-59,61-63H,3-48H2,1-2H3,(H,57,60). The number of nitrogens with one attached hydrogen (secondary N) is 1. The van der Waals surface area contributed by atoms with Crippen LogP contribution in [0.1, 0.15) is 296 Å². The normalized spacial score (nSPS) is 19.8. The van der Waals surface area contributed by atoms with Gasteiger partial charge >= 0.3 is 0 Å². The summed E-state index contributed by atoms with van der Waals surface area (Å²) >= 11 is 0. The average molecular weight is 927 g/mol. The molecule has 388 valence electrons. The molecule has 7 atom stereocenters. The van der Waals surface area contributed by atoms with Crippen LogP contribution in [-0.4, -0.2) is 87.5 Å². The van der Waals surface area contributed by atoms with Crippen LogP contribution in [0.5, 0.6) is 0 Å². The lowest BCUT2D eigenvalue weighted by Crippen LogP contribution is -2.60. The van der Waals surface area contributed by atoms with Crippen LogP contribution in [0.25, 0.3) is 0 Å². The molecule has 0 aromatic carbocycles. The Hall–Kier alpha value is -0.810. The Kier molecular flexibility index (Phi) is 44.9. The molecule has 1 aliphatic rings. The molecule has 1 aliphatic heterocycles. The summed E-state index contributed by atoms with van der Waals surface area (Å²) in [4.78, 5) is 13.0. The summed E-state index contributed by atoms with van der Waals surface area (Å²) in [7, 11) is 0. The van der Waals surface area contributed by atoms with Crippen molar-refractivity contribution in [3.63, 3.8) is 0 Å². The van der Waals surface area contributed by atoms with E-state index < -0.39 is 49.5 Å². The van der Waals surface area contributed by atoms with Gasteiger partial charge in [0.15, 0.2) is 6.29 Å². The van der Waals surface area contributed by atoms with E-state index in [1.54, 1.807) is 0 Å². The third-order valence-electron chi connectivity index (χ3n) is 14.2. The van der Waals surface area contributed by atoms with Crippen LogP contribution in [0, 0.1) is 0 Å². The number of carbonyl (C=O) groups is 1. The zero-order valence-electron chi connectivity index (χ0n) is 43.0. The number of rotatable bonds is 50. The average Bonchev–Trinajstić information content (AvgIpc) is 3.31. The van der Waals surface area contributed by atoms with E-state index in [0.717, 1.165) is 38.5 Å². The molecule has 6 N–H and O–H groups in total. The number of aliphatic hydroxyl groups is 5. The smallest absolute Gasteiger partial charge is 0.220 e. The second kappa shape index (κ2) is 46.9. The number of ether oxygens (including phenoxy) is 2. The topological polar surface area (TPSA) is 149 Å². The van der Waals surface area contributed by atoms with Gasteiger partial charge in [-0.05, 0) is 12.8 Å². The highest BCUT2D eigenvalue weighted by Crippen LogP contribution is 2.23. The summed E-state index contributed by atoms with van der Waals surface area (Å²) in [6, 6.07) is -0.711. The lowest BCUT2D eigenvalue weighted by molar-refractivity contribution is -0.302. The molecule has 0 saturated carbocycles. The van der Waals surface area contributed by atoms with E-state index in [-0.39, 0.29) is 12.5 Å². The van der Waals surface area contributed by atoms with Crippen molar-refractivity contribution < 1.29 is 39.8 Å². The molecule has 9 nitrogen and oxygen atoms in total. The van der Waals surface area contributed by atoms with Crippen molar-refractivity contribution in [3.05, 3.63) is 0 Å². The van der Waals surface area contributed by atoms with Crippen molar-refractivity contribution in [2.75, 3.05) is 13.2 Å². The number of aliphatic hydroxyl groups excluding tert-OH is 5. The Bertz CT molecular complexity index is 986. The fourth-order valence-electron chi connectivity index (χ4n) is 9.64. The van der Waals surface area contributed by atoms with Gasteiger partial charge in [-0.25, -0.2) is 0 Å². The third-order valence-corrected chi connectivity index (χ3v) is 14.2. The Morgan fingerprint density at radius 1 is 0.462 bits per heavy atom. The van der Waals surface area contributed by atoms with Crippen LogP contribution in [-0.2, 0) is 14.3 Å². The van der Waals surface area contributed by atoms with Gasteiger partial charge in [0.1, 0.15) is 24.4 Å². The number of hydrogen-bond acceptors (Lipinski definition) is 8. The van der Waals surface area contributed by atoms with E-state index >= 15 is 0 Å². The molecule has 9 heteroatoms. The molecule has 7 unspecified atom stereocenters. The predicted molar refractivity (Wildman–Crippen MR) is 272 cm³/mol. The van der Waals surface area contributed by atoms with Crippen molar-refractivity contribution in [2.24, 2.45) is 0 Å². The second-order valence-electron chi connectivity index (χ2n) is 20.5.